The van der Waals surface area contributed by atoms with Gasteiger partial charge in [-0.2, -0.15) is 0 Å². The van der Waals surface area contributed by atoms with Crippen LogP contribution < -0.4 is 5.84 Å². The Balaban J connectivity index is 3.31. The molecular formula is C11H14N2O3. The molecule has 0 saturated carbocycles. The number of nitrogens with zero attached hydrogens (tertiary/aromatic N) is 1. The summed E-state index contributed by atoms with van der Waals surface area (Å²) in [4.78, 5) is 11.1. The molecule has 86 valence electrons. The Bertz CT molecular complexity index is 403. The lowest BCUT2D eigenvalue weighted by Crippen LogP contribution is -2.28. The van der Waals surface area contributed by atoms with E-state index in [0.29, 0.717) is 17.0 Å². The van der Waals surface area contributed by atoms with Gasteiger partial charge in [0.05, 0.1) is 18.4 Å². The van der Waals surface area contributed by atoms with Crippen LogP contribution in [0.25, 0.3) is 0 Å². The fourth-order valence-electron chi connectivity index (χ4n) is 1.33. The number of carbonyl (C=O) groups is 1. The molecule has 0 saturated heterocycles. The van der Waals surface area contributed by atoms with Crippen molar-refractivity contribution in [2.24, 2.45) is 5.84 Å². The summed E-state index contributed by atoms with van der Waals surface area (Å²) in [5.41, 5.74) is 0.848. The minimum absolute atomic E-state index is 0.0707. The lowest BCUT2D eigenvalue weighted by molar-refractivity contribution is -0.132. The van der Waals surface area contributed by atoms with E-state index in [4.69, 9.17) is 15.7 Å². The fourth-order valence-corrected chi connectivity index (χ4v) is 1.33. The Morgan fingerprint density at radius 1 is 1.62 bits per heavy atom. The van der Waals surface area contributed by atoms with Crippen LogP contribution in [0, 0.1) is 0 Å². The van der Waals surface area contributed by atoms with Crippen LogP contribution in [-0.4, -0.2) is 23.2 Å². The Morgan fingerprint density at radius 3 is 2.69 bits per heavy atom. The van der Waals surface area contributed by atoms with E-state index in [1.165, 1.54) is 18.3 Å². The normalized spacial score (nSPS) is 17.9. The lowest BCUT2D eigenvalue weighted by atomic mass is 10.1. The Labute approximate surface area is 93.8 Å². The summed E-state index contributed by atoms with van der Waals surface area (Å²) in [5, 5.41) is 10.3. The third kappa shape index (κ3) is 2.32. The predicted molar refractivity (Wildman–Crippen MR) is 59.7 cm³/mol. The standard InChI is InChI=1S/C11H14N2O3/c1-7(2)10(11(14)15)9-6-8(16-3)4-5-13(9)12/h4-6H,1,12H2,2-3H3,(H,14,15)/b10-9+. The quantitative estimate of drug-likeness (QED) is 0.553. The number of hydrogen-bond donors (Lipinski definition) is 2. The number of carboxylic acid groups (broad SMARTS) is 1. The van der Waals surface area contributed by atoms with Crippen molar-refractivity contribution in [2.45, 2.75) is 6.92 Å². The number of rotatable bonds is 3. The molecule has 0 aromatic heterocycles. The van der Waals surface area contributed by atoms with E-state index in [0.717, 1.165) is 0 Å². The average Bonchev–Trinajstić information content (AvgIpc) is 2.20. The number of carboxylic acids is 1. The van der Waals surface area contributed by atoms with E-state index >= 15 is 0 Å². The van der Waals surface area contributed by atoms with E-state index in [1.807, 2.05) is 0 Å². The first kappa shape index (κ1) is 12.1. The fraction of sp³-hybridized carbons (Fsp3) is 0.182. The maximum absolute atomic E-state index is 11.1. The number of hydrazine groups is 1. The first-order valence-electron chi connectivity index (χ1n) is 4.58. The van der Waals surface area contributed by atoms with Gasteiger partial charge in [0, 0.05) is 12.3 Å². The van der Waals surface area contributed by atoms with Crippen molar-refractivity contribution < 1.29 is 14.6 Å². The third-order valence-electron chi connectivity index (χ3n) is 2.09. The maximum atomic E-state index is 11.1. The van der Waals surface area contributed by atoms with Crippen LogP contribution in [0.5, 0.6) is 0 Å². The van der Waals surface area contributed by atoms with Gasteiger partial charge < -0.3 is 9.84 Å². The maximum Gasteiger partial charge on any atom is 0.338 e. The molecule has 0 bridgehead atoms. The zero-order chi connectivity index (χ0) is 12.3. The van der Waals surface area contributed by atoms with Crippen molar-refractivity contribution in [3.63, 3.8) is 0 Å². The highest BCUT2D eigenvalue weighted by molar-refractivity contribution is 5.92. The second-order valence-electron chi connectivity index (χ2n) is 3.32. The zero-order valence-corrected chi connectivity index (χ0v) is 9.23. The second kappa shape index (κ2) is 4.67. The van der Waals surface area contributed by atoms with Crippen molar-refractivity contribution in [3.8, 4) is 0 Å². The Kier molecular flexibility index (Phi) is 3.52. The van der Waals surface area contributed by atoms with E-state index in [1.54, 1.807) is 19.1 Å². The molecule has 5 nitrogen and oxygen atoms in total. The molecule has 0 atom stereocenters. The first-order valence-corrected chi connectivity index (χ1v) is 4.58. The van der Waals surface area contributed by atoms with Crippen molar-refractivity contribution in [3.05, 3.63) is 47.5 Å². The van der Waals surface area contributed by atoms with Crippen molar-refractivity contribution >= 4 is 5.97 Å². The first-order chi connectivity index (χ1) is 7.47. The molecule has 1 rings (SSSR count). The predicted octanol–water partition coefficient (Wildman–Crippen LogP) is 1.13. The molecule has 3 N–H and O–H groups in total. The van der Waals surface area contributed by atoms with Gasteiger partial charge in [-0.25, -0.2) is 10.6 Å². The SMILES string of the molecule is C=C(C)/C(C(=O)O)=C1/C=C(OC)C=CN1N. The molecule has 0 amide bonds. The number of hydrogen-bond acceptors (Lipinski definition) is 4. The van der Waals surface area contributed by atoms with Crippen molar-refractivity contribution in [1.82, 2.24) is 5.01 Å². The van der Waals surface area contributed by atoms with Gasteiger partial charge in [0.15, 0.2) is 0 Å². The summed E-state index contributed by atoms with van der Waals surface area (Å²) < 4.78 is 5.01. The largest absolute Gasteiger partial charge is 0.497 e. The van der Waals surface area contributed by atoms with Gasteiger partial charge >= 0.3 is 5.97 Å². The van der Waals surface area contributed by atoms with Crippen LogP contribution in [-0.2, 0) is 9.53 Å². The van der Waals surface area contributed by atoms with Crippen LogP contribution >= 0.6 is 0 Å². The molecule has 0 fully saturated rings. The summed E-state index contributed by atoms with van der Waals surface area (Å²) in [7, 11) is 1.50. The minimum Gasteiger partial charge on any atom is -0.497 e. The van der Waals surface area contributed by atoms with Gasteiger partial charge in [-0.15, -0.1) is 0 Å². The number of nitrogens with two attached hydrogens (primary N) is 1. The summed E-state index contributed by atoms with van der Waals surface area (Å²) in [5.74, 6) is 5.13. The summed E-state index contributed by atoms with van der Waals surface area (Å²) in [6.07, 6.45) is 4.72. The second-order valence-corrected chi connectivity index (χ2v) is 3.32. The van der Waals surface area contributed by atoms with Crippen molar-refractivity contribution in [1.29, 1.82) is 0 Å². The summed E-state index contributed by atoms with van der Waals surface area (Å²) in [6, 6.07) is 0. The van der Waals surface area contributed by atoms with Crippen LogP contribution in [0.1, 0.15) is 6.92 Å². The van der Waals surface area contributed by atoms with E-state index in [2.05, 4.69) is 6.58 Å². The van der Waals surface area contributed by atoms with Gasteiger partial charge in [-0.1, -0.05) is 6.58 Å². The molecule has 1 heterocycles. The number of ether oxygens (including phenoxy) is 1. The van der Waals surface area contributed by atoms with Crippen LogP contribution in [0.4, 0.5) is 0 Å². The van der Waals surface area contributed by atoms with Gasteiger partial charge in [0.25, 0.3) is 0 Å². The highest BCUT2D eigenvalue weighted by Crippen LogP contribution is 2.22. The Morgan fingerprint density at radius 2 is 2.25 bits per heavy atom. The van der Waals surface area contributed by atoms with Crippen LogP contribution in [0.2, 0.25) is 0 Å². The molecule has 0 spiro atoms. The minimum atomic E-state index is -1.07. The highest BCUT2D eigenvalue weighted by Gasteiger charge is 2.19. The van der Waals surface area contributed by atoms with Crippen LogP contribution in [0.3, 0.4) is 0 Å². The highest BCUT2D eigenvalue weighted by atomic mass is 16.5. The van der Waals surface area contributed by atoms with Gasteiger partial charge in [0.2, 0.25) is 0 Å². The number of allylic oxidation sites excluding steroid dienone is 2. The van der Waals surface area contributed by atoms with Gasteiger partial charge in [0.1, 0.15) is 5.76 Å². The molecule has 1 aliphatic heterocycles. The zero-order valence-electron chi connectivity index (χ0n) is 9.23. The number of aliphatic carboxylic acids is 1. The van der Waals surface area contributed by atoms with Gasteiger partial charge in [-0.3, -0.25) is 5.01 Å². The molecule has 1 aliphatic rings. The van der Waals surface area contributed by atoms with E-state index < -0.39 is 5.97 Å². The van der Waals surface area contributed by atoms with Crippen LogP contribution in [0.15, 0.2) is 47.5 Å². The molecule has 0 unspecified atom stereocenters. The average molecular weight is 222 g/mol. The number of methoxy groups -OCH3 is 1. The van der Waals surface area contributed by atoms with E-state index in [-0.39, 0.29) is 5.57 Å². The monoisotopic (exact) mass is 222 g/mol. The lowest BCUT2D eigenvalue weighted by Gasteiger charge is -2.22. The molecule has 0 aromatic rings. The van der Waals surface area contributed by atoms with E-state index in [9.17, 15) is 4.79 Å². The summed E-state index contributed by atoms with van der Waals surface area (Å²) in [6.45, 7) is 5.24. The Hall–Kier alpha value is -2.01. The molecule has 16 heavy (non-hydrogen) atoms. The molecule has 5 heteroatoms. The third-order valence-corrected chi connectivity index (χ3v) is 2.09. The molecule has 0 aromatic carbocycles. The smallest absolute Gasteiger partial charge is 0.338 e. The molecule has 0 radical (unpaired) electrons. The topological polar surface area (TPSA) is 75.8 Å². The summed E-state index contributed by atoms with van der Waals surface area (Å²) >= 11 is 0. The molecule has 0 aliphatic carbocycles. The van der Waals surface area contributed by atoms with Gasteiger partial charge in [-0.05, 0) is 18.6 Å². The van der Waals surface area contributed by atoms with Crippen molar-refractivity contribution in [2.75, 3.05) is 7.11 Å². The molecular weight excluding hydrogens is 208 g/mol.